The number of nitrogens with zero attached hydrogens (tertiary/aromatic N) is 3. The van der Waals surface area contributed by atoms with Crippen molar-refractivity contribution in [1.82, 2.24) is 14.8 Å². The number of hydrogen-bond acceptors (Lipinski definition) is 6. The Hall–Kier alpha value is -2.38. The number of pyridine rings is 1. The Labute approximate surface area is 203 Å². The van der Waals surface area contributed by atoms with Crippen molar-refractivity contribution in [2.24, 2.45) is 0 Å². The molecular formula is C26H26ClN3O2S. The van der Waals surface area contributed by atoms with Crippen molar-refractivity contribution >= 4 is 28.0 Å². The highest BCUT2D eigenvalue weighted by Crippen LogP contribution is 2.36. The van der Waals surface area contributed by atoms with Gasteiger partial charge in [-0.05, 0) is 59.7 Å². The molecule has 1 aliphatic carbocycles. The van der Waals surface area contributed by atoms with Crippen LogP contribution in [0.4, 0.5) is 0 Å². The normalized spacial score (nSPS) is 18.6. The van der Waals surface area contributed by atoms with Gasteiger partial charge in [-0.15, -0.1) is 11.3 Å². The second-order valence-electron chi connectivity index (χ2n) is 8.83. The molecule has 1 fully saturated rings. The highest BCUT2D eigenvalue weighted by molar-refractivity contribution is 7.13. The number of halogens is 1. The molecule has 0 bridgehead atoms. The molecule has 0 atom stereocenters. The first-order chi connectivity index (χ1) is 16.2. The third kappa shape index (κ3) is 4.41. The summed E-state index contributed by atoms with van der Waals surface area (Å²) in [6, 6.07) is 14.7. The van der Waals surface area contributed by atoms with Crippen molar-refractivity contribution in [3.8, 4) is 22.1 Å². The smallest absolute Gasteiger partial charge is 0.231 e. The lowest BCUT2D eigenvalue weighted by atomic mass is 9.95. The summed E-state index contributed by atoms with van der Waals surface area (Å²) in [4.78, 5) is 11.2. The maximum absolute atomic E-state index is 6.88. The van der Waals surface area contributed by atoms with Gasteiger partial charge in [0.05, 0.1) is 21.3 Å². The first-order valence-corrected chi connectivity index (χ1v) is 12.7. The lowest BCUT2D eigenvalue weighted by Gasteiger charge is -2.36. The van der Waals surface area contributed by atoms with Crippen LogP contribution in [-0.2, 0) is 13.0 Å². The molecule has 0 spiro atoms. The topological polar surface area (TPSA) is 37.8 Å². The van der Waals surface area contributed by atoms with E-state index in [-0.39, 0.29) is 0 Å². The van der Waals surface area contributed by atoms with Gasteiger partial charge in [0.15, 0.2) is 11.5 Å². The molecule has 6 rings (SSSR count). The van der Waals surface area contributed by atoms with Gasteiger partial charge in [0, 0.05) is 44.8 Å². The van der Waals surface area contributed by atoms with Gasteiger partial charge < -0.3 is 9.47 Å². The van der Waals surface area contributed by atoms with E-state index >= 15 is 0 Å². The molecule has 0 unspecified atom stereocenters. The van der Waals surface area contributed by atoms with Gasteiger partial charge in [0.25, 0.3) is 0 Å². The second kappa shape index (κ2) is 9.11. The van der Waals surface area contributed by atoms with E-state index in [4.69, 9.17) is 26.1 Å². The van der Waals surface area contributed by atoms with Crippen LogP contribution < -0.4 is 9.47 Å². The number of benzene rings is 1. The summed E-state index contributed by atoms with van der Waals surface area (Å²) in [7, 11) is 0. The number of hydrogen-bond donors (Lipinski definition) is 0. The van der Waals surface area contributed by atoms with Crippen molar-refractivity contribution in [2.75, 3.05) is 39.5 Å². The minimum atomic E-state index is 0.326. The fourth-order valence-electron chi connectivity index (χ4n) is 4.84. The number of piperazine rings is 1. The molecule has 2 aromatic heterocycles. The van der Waals surface area contributed by atoms with Gasteiger partial charge in [0.1, 0.15) is 0 Å². The number of aryl methyl sites for hydroxylation is 1. The van der Waals surface area contributed by atoms with Crippen molar-refractivity contribution in [3.05, 3.63) is 70.2 Å². The van der Waals surface area contributed by atoms with Crippen molar-refractivity contribution < 1.29 is 9.47 Å². The predicted octanol–water partition coefficient (Wildman–Crippen LogP) is 5.25. The Bertz CT molecular complexity index is 1190. The predicted molar refractivity (Wildman–Crippen MR) is 133 cm³/mol. The first-order valence-electron chi connectivity index (χ1n) is 11.5. The molecule has 0 N–H and O–H groups in total. The zero-order chi connectivity index (χ0) is 22.2. The van der Waals surface area contributed by atoms with E-state index in [0.29, 0.717) is 6.79 Å². The molecule has 3 aliphatic rings. The van der Waals surface area contributed by atoms with Gasteiger partial charge in [-0.2, -0.15) is 0 Å². The van der Waals surface area contributed by atoms with E-state index in [0.717, 1.165) is 85.6 Å². The highest BCUT2D eigenvalue weighted by Gasteiger charge is 2.24. The van der Waals surface area contributed by atoms with Crippen molar-refractivity contribution in [2.45, 2.75) is 19.4 Å². The lowest BCUT2D eigenvalue weighted by molar-refractivity contribution is 0.134. The number of ether oxygens (including phenoxy) is 2. The van der Waals surface area contributed by atoms with E-state index < -0.39 is 0 Å². The zero-order valence-corrected chi connectivity index (χ0v) is 20.0. The fraction of sp³-hybridized carbons (Fsp3) is 0.346. The summed E-state index contributed by atoms with van der Waals surface area (Å²) in [5.74, 6) is 1.71. The molecule has 1 saturated heterocycles. The van der Waals surface area contributed by atoms with Crippen LogP contribution in [0.25, 0.3) is 15.6 Å². The van der Waals surface area contributed by atoms with E-state index in [2.05, 4.69) is 51.6 Å². The van der Waals surface area contributed by atoms with Crippen LogP contribution >= 0.6 is 22.9 Å². The van der Waals surface area contributed by atoms with Crippen LogP contribution in [0.1, 0.15) is 23.2 Å². The summed E-state index contributed by atoms with van der Waals surface area (Å²) in [6.45, 7) is 6.44. The molecule has 170 valence electrons. The number of fused-ring (bicyclic) bond motifs is 2. The van der Waals surface area contributed by atoms with Crippen molar-refractivity contribution in [3.63, 3.8) is 0 Å². The number of aromatic nitrogens is 1. The zero-order valence-electron chi connectivity index (χ0n) is 18.4. The standard InChI is InChI=1S/C26H26ClN3O2S/c27-26-19(4-6-21-20(26)5-7-22(28-21)25-2-1-13-33-25)16-30-11-9-29(10-12-30)15-18-3-8-23-24(14-18)32-17-31-23/h1-3,5,7-8,13-14H,4,6,9-12,15-17H2. The van der Waals surface area contributed by atoms with Crippen LogP contribution in [-0.4, -0.2) is 54.3 Å². The molecule has 1 aromatic carbocycles. The summed E-state index contributed by atoms with van der Waals surface area (Å²) in [6.07, 6.45) is 1.95. The average molecular weight is 480 g/mol. The Morgan fingerprint density at radius 2 is 1.73 bits per heavy atom. The Morgan fingerprint density at radius 1 is 0.909 bits per heavy atom. The second-order valence-corrected chi connectivity index (χ2v) is 10.2. The largest absolute Gasteiger partial charge is 0.454 e. The Kier molecular flexibility index (Phi) is 5.84. The van der Waals surface area contributed by atoms with Crippen LogP contribution in [0.15, 0.2) is 53.4 Å². The molecular weight excluding hydrogens is 454 g/mol. The molecule has 4 heterocycles. The van der Waals surface area contributed by atoms with Gasteiger partial charge in [-0.25, -0.2) is 0 Å². The van der Waals surface area contributed by atoms with Gasteiger partial charge in [-0.3, -0.25) is 14.8 Å². The van der Waals surface area contributed by atoms with E-state index in [1.807, 2.05) is 6.07 Å². The third-order valence-electron chi connectivity index (χ3n) is 6.68. The molecule has 2 aliphatic heterocycles. The maximum Gasteiger partial charge on any atom is 0.231 e. The SMILES string of the molecule is ClC1=C(CN2CCN(Cc3ccc4c(c3)OCO4)CC2)CCc2nc(-c3cccs3)ccc21. The quantitative estimate of drug-likeness (QED) is 0.499. The molecule has 3 aromatic rings. The Morgan fingerprint density at radius 3 is 2.55 bits per heavy atom. The summed E-state index contributed by atoms with van der Waals surface area (Å²) >= 11 is 8.60. The van der Waals surface area contributed by atoms with Gasteiger partial charge >= 0.3 is 0 Å². The van der Waals surface area contributed by atoms with Crippen molar-refractivity contribution in [1.29, 1.82) is 0 Å². The molecule has 0 amide bonds. The minimum absolute atomic E-state index is 0.326. The lowest BCUT2D eigenvalue weighted by Crippen LogP contribution is -2.46. The van der Waals surface area contributed by atoms with Crippen LogP contribution in [0, 0.1) is 0 Å². The summed E-state index contributed by atoms with van der Waals surface area (Å²) < 4.78 is 10.9. The molecule has 5 nitrogen and oxygen atoms in total. The summed E-state index contributed by atoms with van der Waals surface area (Å²) in [5.41, 5.74) is 5.91. The van der Waals surface area contributed by atoms with Gasteiger partial charge in [-0.1, -0.05) is 23.7 Å². The molecule has 0 saturated carbocycles. The van der Waals surface area contributed by atoms with E-state index in [9.17, 15) is 0 Å². The Balaban J connectivity index is 1.08. The molecule has 7 heteroatoms. The van der Waals surface area contributed by atoms with E-state index in [1.165, 1.54) is 16.0 Å². The number of rotatable bonds is 5. The minimum Gasteiger partial charge on any atom is -0.454 e. The van der Waals surface area contributed by atoms with Crippen LogP contribution in [0.5, 0.6) is 11.5 Å². The third-order valence-corrected chi connectivity index (χ3v) is 8.04. The van der Waals surface area contributed by atoms with Crippen LogP contribution in [0.3, 0.4) is 0 Å². The monoisotopic (exact) mass is 479 g/mol. The highest BCUT2D eigenvalue weighted by atomic mass is 35.5. The van der Waals surface area contributed by atoms with E-state index in [1.54, 1.807) is 11.3 Å². The molecule has 0 radical (unpaired) electrons. The maximum atomic E-state index is 6.88. The number of thiophene rings is 1. The average Bonchev–Trinajstić information content (AvgIpc) is 3.54. The van der Waals surface area contributed by atoms with Gasteiger partial charge in [0.2, 0.25) is 6.79 Å². The van der Waals surface area contributed by atoms with Crippen LogP contribution in [0.2, 0.25) is 0 Å². The summed E-state index contributed by atoms with van der Waals surface area (Å²) in [5, 5.41) is 3.00. The molecule has 33 heavy (non-hydrogen) atoms. The fourth-order valence-corrected chi connectivity index (χ4v) is 5.87. The first kappa shape index (κ1) is 21.2.